The number of hydrogen-bond acceptors (Lipinski definition) is 1. The Morgan fingerprint density at radius 3 is 1.32 bits per heavy atom. The number of rotatable bonds is 9. The number of hydrogen-bond donors (Lipinski definition) is 0. The maximum Gasteiger partial charge on any atom is 1.00 e. The molecule has 0 amide bonds. The van der Waals surface area contributed by atoms with E-state index in [1.54, 1.807) is 7.11 Å². The first kappa shape index (κ1) is 25.5. The van der Waals surface area contributed by atoms with Crippen LogP contribution < -0.4 is 4.74 Å². The molecule has 1 rings (SSSR count). The van der Waals surface area contributed by atoms with E-state index in [0.29, 0.717) is 0 Å². The van der Waals surface area contributed by atoms with Crippen molar-refractivity contribution >= 4 is 15.8 Å². The van der Waals surface area contributed by atoms with Crippen molar-refractivity contribution in [3.63, 3.8) is 0 Å². The first-order valence-corrected chi connectivity index (χ1v) is 13.2. The molecule has 0 saturated heterocycles. The molecule has 0 radical (unpaired) electrons. The van der Waals surface area contributed by atoms with E-state index in [0.717, 1.165) is 28.4 Å². The molecular formula is C21H39IrOP2+2. The third kappa shape index (κ3) is 8.39. The van der Waals surface area contributed by atoms with Crippen LogP contribution in [-0.4, -0.2) is 29.7 Å². The minimum absolute atomic E-state index is 0. The molecule has 0 atom stereocenters. The molecule has 0 aliphatic heterocycles. The van der Waals surface area contributed by atoms with Gasteiger partial charge < -0.3 is 4.74 Å². The summed E-state index contributed by atoms with van der Waals surface area (Å²) in [6, 6.07) is 8.21. The molecular weight excluding hydrogens is 522 g/mol. The van der Waals surface area contributed by atoms with Gasteiger partial charge in [0.2, 0.25) is 0 Å². The van der Waals surface area contributed by atoms with Gasteiger partial charge in [0.1, 0.15) is 0 Å². The summed E-state index contributed by atoms with van der Waals surface area (Å²) in [4.78, 5) is 0. The Kier molecular flexibility index (Phi) is 12.3. The van der Waals surface area contributed by atoms with Gasteiger partial charge in [0.15, 0.2) is 0 Å². The van der Waals surface area contributed by atoms with Gasteiger partial charge in [-0.15, -0.1) is 23.3 Å². The molecule has 1 nitrogen and oxygen atoms in total. The fraction of sp³-hybridized carbons (Fsp3) is 0.714. The zero-order valence-corrected chi connectivity index (χ0v) is 22.0. The molecule has 0 spiro atoms. The summed E-state index contributed by atoms with van der Waals surface area (Å²) in [5.41, 5.74) is 5.92. The Bertz CT molecular complexity index is 444. The molecule has 0 aromatic heterocycles. The fourth-order valence-corrected chi connectivity index (χ4v) is 9.12. The Labute approximate surface area is 172 Å². The monoisotopic (exact) mass is 562 g/mol. The van der Waals surface area contributed by atoms with Gasteiger partial charge in [-0.25, -0.2) is 0 Å². The van der Waals surface area contributed by atoms with Crippen molar-refractivity contribution < 1.29 is 24.8 Å². The summed E-state index contributed by atoms with van der Waals surface area (Å²) < 4.78 is 5.60. The van der Waals surface area contributed by atoms with Crippen LogP contribution in [0, 0.1) is 6.07 Å². The van der Waals surface area contributed by atoms with Crippen molar-refractivity contribution in [1.29, 1.82) is 0 Å². The van der Waals surface area contributed by atoms with Gasteiger partial charge in [-0.05, 0) is 55.4 Å². The zero-order chi connectivity index (χ0) is 18.4. The van der Waals surface area contributed by atoms with Crippen molar-refractivity contribution in [2.24, 2.45) is 0 Å². The third-order valence-electron chi connectivity index (χ3n) is 4.95. The van der Waals surface area contributed by atoms with Gasteiger partial charge in [-0.2, -0.15) is 6.07 Å². The summed E-state index contributed by atoms with van der Waals surface area (Å²) in [6.07, 6.45) is 2.41. The largest absolute Gasteiger partial charge is 1.00 e. The fourth-order valence-electron chi connectivity index (χ4n) is 3.56. The van der Waals surface area contributed by atoms with E-state index in [2.05, 4.69) is 73.6 Å². The Hall–Kier alpha value is 0.529. The van der Waals surface area contributed by atoms with Crippen LogP contribution in [0.25, 0.3) is 0 Å². The summed E-state index contributed by atoms with van der Waals surface area (Å²) >= 11 is 0. The third-order valence-corrected chi connectivity index (χ3v) is 12.5. The smallest absolute Gasteiger partial charge is 0.522 e. The van der Waals surface area contributed by atoms with Gasteiger partial charge in [-0.3, -0.25) is 0 Å². The summed E-state index contributed by atoms with van der Waals surface area (Å²) in [7, 11) is 0.967. The van der Waals surface area contributed by atoms with E-state index in [1.165, 1.54) is 23.5 Å². The molecule has 0 saturated carbocycles. The first-order chi connectivity index (χ1) is 11.1. The average molecular weight is 562 g/mol. The van der Waals surface area contributed by atoms with E-state index in [1.807, 2.05) is 0 Å². The van der Waals surface area contributed by atoms with Crippen LogP contribution in [0.3, 0.4) is 0 Å². The van der Waals surface area contributed by atoms with E-state index in [4.69, 9.17) is 4.74 Å². The molecule has 0 unspecified atom stereocenters. The quantitative estimate of drug-likeness (QED) is 0.245. The minimum atomic E-state index is -0.411. The van der Waals surface area contributed by atoms with Gasteiger partial charge in [0, 0.05) is 21.6 Å². The normalized spacial score (nSPS) is 12.0. The summed E-state index contributed by atoms with van der Waals surface area (Å²) in [6.45, 7) is 19.1. The van der Waals surface area contributed by atoms with Crippen molar-refractivity contribution in [3.8, 4) is 5.75 Å². The van der Waals surface area contributed by atoms with Gasteiger partial charge in [0.05, 0.1) is 42.1 Å². The van der Waals surface area contributed by atoms with Crippen LogP contribution in [0.5, 0.6) is 5.75 Å². The molecule has 146 valence electrons. The molecule has 0 fully saturated rings. The van der Waals surface area contributed by atoms with Crippen LogP contribution >= 0.6 is 15.8 Å². The Morgan fingerprint density at radius 1 is 0.760 bits per heavy atom. The summed E-state index contributed by atoms with van der Waals surface area (Å²) in [5.74, 6) is 1.02. The Balaban J connectivity index is 0.00000576. The van der Waals surface area contributed by atoms with Crippen molar-refractivity contribution in [2.45, 2.75) is 90.3 Å². The Morgan fingerprint density at radius 2 is 1.08 bits per heavy atom. The minimum Gasteiger partial charge on any atom is -0.522 e. The van der Waals surface area contributed by atoms with Crippen LogP contribution in [0.2, 0.25) is 0 Å². The first-order valence-electron chi connectivity index (χ1n) is 9.45. The number of methoxy groups -OCH3 is 1. The molecule has 1 aromatic carbocycles. The molecule has 1 aromatic rings. The molecule has 0 aliphatic rings. The topological polar surface area (TPSA) is 9.23 Å². The molecule has 25 heavy (non-hydrogen) atoms. The number of benzene rings is 1. The van der Waals surface area contributed by atoms with E-state index >= 15 is 0 Å². The standard InChI is InChI=1S/C21H37OP2.Ir/c1-15(2)23(16(3)4)13-19-10-20(12-21(11-19)22-9)14-24(17(5)6)18(7)8;/h11-12,15-18H,13-14H2,1-9H3;/q-1;+1/p+2. The van der Waals surface area contributed by atoms with Crippen molar-refractivity contribution in [3.05, 3.63) is 29.3 Å². The second kappa shape index (κ2) is 12.1. The van der Waals surface area contributed by atoms with Crippen LogP contribution in [-0.2, 0) is 32.4 Å². The molecule has 0 heterocycles. The van der Waals surface area contributed by atoms with Gasteiger partial charge >= 0.3 is 20.1 Å². The van der Waals surface area contributed by atoms with Crippen LogP contribution in [0.1, 0.15) is 66.5 Å². The summed E-state index contributed by atoms with van der Waals surface area (Å²) in [5, 5.41) is 0. The van der Waals surface area contributed by atoms with E-state index < -0.39 is 15.8 Å². The van der Waals surface area contributed by atoms with Crippen LogP contribution in [0.4, 0.5) is 0 Å². The predicted molar refractivity (Wildman–Crippen MR) is 116 cm³/mol. The van der Waals surface area contributed by atoms with E-state index in [9.17, 15) is 0 Å². The molecule has 0 aliphatic carbocycles. The molecule has 0 bridgehead atoms. The maximum absolute atomic E-state index is 5.60. The molecule has 4 heteroatoms. The maximum atomic E-state index is 5.60. The molecule has 0 N–H and O–H groups in total. The van der Waals surface area contributed by atoms with Crippen molar-refractivity contribution in [1.82, 2.24) is 0 Å². The van der Waals surface area contributed by atoms with Crippen LogP contribution in [0.15, 0.2) is 12.1 Å². The zero-order valence-electron chi connectivity index (χ0n) is 17.6. The number of ether oxygens (including phenoxy) is 1. The van der Waals surface area contributed by atoms with Gasteiger partial charge in [-0.1, -0.05) is 0 Å². The predicted octanol–water partition coefficient (Wildman–Crippen LogP) is 6.55. The SMILES string of the molecule is COc1cc(C[PH+](C(C)C)C(C)C)[c-]c(C[PH+](C(C)C)C(C)C)c1.[Ir+]. The second-order valence-corrected chi connectivity index (χ2v) is 15.8. The average Bonchev–Trinajstić information content (AvgIpc) is 2.48. The van der Waals surface area contributed by atoms with E-state index in [-0.39, 0.29) is 20.1 Å². The van der Waals surface area contributed by atoms with Gasteiger partial charge in [0.25, 0.3) is 0 Å². The van der Waals surface area contributed by atoms with Crippen molar-refractivity contribution in [2.75, 3.05) is 7.11 Å². The second-order valence-electron chi connectivity index (χ2n) is 8.19.